The van der Waals surface area contributed by atoms with Crippen LogP contribution >= 0.6 is 24.4 Å². The predicted octanol–water partition coefficient (Wildman–Crippen LogP) is 5.04. The van der Waals surface area contributed by atoms with Gasteiger partial charge in [0.05, 0.1) is 13.2 Å². The molecule has 15 heteroatoms. The van der Waals surface area contributed by atoms with E-state index in [1.165, 1.54) is 29.6 Å². The molecule has 8 atom stereocenters. The number of thiocarbonyl (C=S) groups is 2. The van der Waals surface area contributed by atoms with Gasteiger partial charge in [-0.05, 0) is 23.7 Å². The standard InChI is InChI=1S/C13H24N2O2.C12H20N2O4.2CNS.Ru/c1-2-10-3-5-14-12(7-10)13-8-11(9-17-16)4-6-15-13;15-12(16)9-2-4-14-11(6-9)10-5-8(7-18-17)1-3-13-10;2*2-1-3;/h10-13,16H,2-9H2,1H3;8-11,17H,1-7H2,(H,15,16);;;/q2*-2;2*-1;+6/p-1. The number of rotatable bonds is 8. The van der Waals surface area contributed by atoms with Gasteiger partial charge < -0.3 is 42.0 Å². The minimum Gasteiger partial charge on any atom is -0.753 e. The molecule has 4 aliphatic rings. The zero-order chi connectivity index (χ0) is 30.5. The van der Waals surface area contributed by atoms with Gasteiger partial charge in [0.1, 0.15) is 0 Å². The fourth-order valence-corrected chi connectivity index (χ4v) is 5.96. The van der Waals surface area contributed by atoms with Crippen molar-refractivity contribution in [3.05, 3.63) is 32.1 Å². The van der Waals surface area contributed by atoms with Gasteiger partial charge in [-0.15, -0.1) is 26.2 Å². The molecule has 0 aliphatic carbocycles. The van der Waals surface area contributed by atoms with E-state index in [4.69, 9.17) is 32.0 Å². The molecule has 0 bridgehead atoms. The summed E-state index contributed by atoms with van der Waals surface area (Å²) >= 11 is 7.40. The van der Waals surface area contributed by atoms with Crippen LogP contribution in [0.3, 0.4) is 0 Å². The normalized spacial score (nSPS) is 32.3. The Hall–Kier alpha value is -0.627. The molecule has 0 radical (unpaired) electrons. The third-order valence-corrected chi connectivity index (χ3v) is 8.21. The number of piperidine rings is 4. The Morgan fingerprint density at radius 2 is 1.10 bits per heavy atom. The van der Waals surface area contributed by atoms with Crippen molar-refractivity contribution in [2.24, 2.45) is 23.7 Å². The van der Waals surface area contributed by atoms with Crippen LogP contribution in [0.5, 0.6) is 0 Å². The first-order valence-corrected chi connectivity index (χ1v) is 15.1. The minimum absolute atomic E-state index is 0. The summed E-state index contributed by atoms with van der Waals surface area (Å²) in [7, 11) is 0. The van der Waals surface area contributed by atoms with Crippen LogP contribution in [0.1, 0.15) is 64.7 Å². The number of carboxylic acid groups (broad SMARTS) is 1. The van der Waals surface area contributed by atoms with Gasteiger partial charge in [-0.1, -0.05) is 89.1 Å². The monoisotopic (exact) mass is 713 g/mol. The first kappa shape index (κ1) is 41.4. The molecule has 0 aromatic heterocycles. The van der Waals surface area contributed by atoms with Crippen molar-refractivity contribution >= 4 is 40.7 Å². The molecule has 4 heterocycles. The summed E-state index contributed by atoms with van der Waals surface area (Å²) in [5.74, 6) is 0.219. The van der Waals surface area contributed by atoms with Gasteiger partial charge in [-0.25, -0.2) is 9.78 Å². The summed E-state index contributed by atoms with van der Waals surface area (Å²) in [6.45, 7) is 6.28. The smallest absolute Gasteiger partial charge is 0.753 e. The Balaban J connectivity index is 0.000000662. The summed E-state index contributed by atoms with van der Waals surface area (Å²) < 4.78 is 0. The maximum absolute atomic E-state index is 10.9. The number of isothiocyanates is 2. The van der Waals surface area contributed by atoms with Crippen molar-refractivity contribution < 1.29 is 49.7 Å². The van der Waals surface area contributed by atoms with Crippen LogP contribution in [0.4, 0.5) is 0 Å². The predicted molar refractivity (Wildman–Crippen MR) is 163 cm³/mol. The van der Waals surface area contributed by atoms with Crippen LogP contribution in [-0.2, 0) is 34.0 Å². The van der Waals surface area contributed by atoms with Crippen molar-refractivity contribution in [3.8, 4) is 0 Å². The Morgan fingerprint density at radius 1 is 0.762 bits per heavy atom. The van der Waals surface area contributed by atoms with Crippen LogP contribution < -0.4 is 5.11 Å². The molecule has 8 unspecified atom stereocenters. The molecule has 4 rings (SSSR count). The molecule has 0 aromatic carbocycles. The van der Waals surface area contributed by atoms with E-state index in [1.807, 2.05) is 0 Å². The Bertz CT molecular complexity index is 778. The van der Waals surface area contributed by atoms with Gasteiger partial charge in [0.25, 0.3) is 0 Å². The van der Waals surface area contributed by atoms with Gasteiger partial charge in [0.15, 0.2) is 0 Å². The minimum atomic E-state index is -0.971. The molecular formula is C27H43N6O6RuS2-. The Kier molecular flexibility index (Phi) is 25.3. The molecule has 2 N–H and O–H groups in total. The fraction of sp³-hybridized carbons (Fsp3) is 0.889. The second kappa shape index (κ2) is 25.7. The largest absolute Gasteiger partial charge is 6.00 e. The van der Waals surface area contributed by atoms with Gasteiger partial charge in [-0.3, -0.25) is 10.5 Å². The zero-order valence-electron chi connectivity index (χ0n) is 24.1. The summed E-state index contributed by atoms with van der Waals surface area (Å²) in [6, 6.07) is 0.859. The average Bonchev–Trinajstić information content (AvgIpc) is 2.99. The SMILES string of the molecule is CCC1CC[N-]C(C2CC(COO)CC[N-]2)C1.O=C([O-])C1CC[N-]C(C2CC(COO)CC[N-]2)C1.[N-]=C=S.[N-]=C=S.[Ru+6]. The van der Waals surface area contributed by atoms with Crippen LogP contribution in [0.15, 0.2) is 0 Å². The molecule has 12 nitrogen and oxygen atoms in total. The molecule has 4 fully saturated rings. The van der Waals surface area contributed by atoms with Crippen molar-refractivity contribution in [1.29, 1.82) is 0 Å². The molecule has 0 saturated carbocycles. The summed E-state index contributed by atoms with van der Waals surface area (Å²) in [5, 5.41) is 63.4. The number of aliphatic carboxylic acids is 1. The summed E-state index contributed by atoms with van der Waals surface area (Å²) in [4.78, 5) is 19.4. The first-order chi connectivity index (χ1) is 19.9. The van der Waals surface area contributed by atoms with E-state index in [2.05, 4.69) is 51.8 Å². The molecule has 0 amide bonds. The topological polar surface area (TPSA) is 200 Å². The number of carboxylic acids is 1. The Labute approximate surface area is 273 Å². The van der Waals surface area contributed by atoms with E-state index in [0.717, 1.165) is 51.2 Å². The first-order valence-electron chi connectivity index (χ1n) is 14.3. The van der Waals surface area contributed by atoms with Crippen LogP contribution in [0.2, 0.25) is 0 Å². The van der Waals surface area contributed by atoms with E-state index in [0.29, 0.717) is 50.6 Å². The molecule has 4 saturated heterocycles. The molecule has 42 heavy (non-hydrogen) atoms. The van der Waals surface area contributed by atoms with E-state index in [1.54, 1.807) is 0 Å². The second-order valence-corrected chi connectivity index (χ2v) is 11.2. The van der Waals surface area contributed by atoms with Crippen molar-refractivity contribution in [1.82, 2.24) is 0 Å². The summed E-state index contributed by atoms with van der Waals surface area (Å²) in [5.41, 5.74) is 0. The number of carbonyl (C=O) groups excluding carboxylic acids is 1. The maximum Gasteiger partial charge on any atom is 6.00 e. The van der Waals surface area contributed by atoms with Crippen molar-refractivity contribution in [3.63, 3.8) is 0 Å². The maximum atomic E-state index is 10.9. The Morgan fingerprint density at radius 3 is 1.45 bits per heavy atom. The van der Waals surface area contributed by atoms with Gasteiger partial charge in [0.2, 0.25) is 0 Å². The molecule has 0 aromatic rings. The number of hydrogen-bond acceptors (Lipinski definition) is 8. The molecular weight excluding hydrogens is 670 g/mol. The van der Waals surface area contributed by atoms with Crippen LogP contribution in [0.25, 0.3) is 32.1 Å². The third-order valence-electron chi connectivity index (χ3n) is 8.21. The number of carbonyl (C=O) groups is 1. The number of nitrogens with zero attached hydrogens (tertiary/aromatic N) is 6. The second-order valence-electron chi connectivity index (χ2n) is 10.8. The third kappa shape index (κ3) is 16.4. The van der Waals surface area contributed by atoms with E-state index >= 15 is 0 Å². The molecule has 0 spiro atoms. The molecule has 238 valence electrons. The van der Waals surface area contributed by atoms with E-state index in [-0.39, 0.29) is 37.5 Å². The van der Waals surface area contributed by atoms with Gasteiger partial charge >= 0.3 is 19.5 Å². The fourth-order valence-electron chi connectivity index (χ4n) is 5.96. The van der Waals surface area contributed by atoms with Gasteiger partial charge in [0, 0.05) is 5.97 Å². The van der Waals surface area contributed by atoms with Gasteiger partial charge in [-0.2, -0.15) is 34.5 Å². The molecule has 4 aliphatic heterocycles. The zero-order valence-corrected chi connectivity index (χ0v) is 27.5. The van der Waals surface area contributed by atoms with Crippen molar-refractivity contribution in [2.75, 3.05) is 39.4 Å². The van der Waals surface area contributed by atoms with E-state index in [9.17, 15) is 9.90 Å². The van der Waals surface area contributed by atoms with Crippen molar-refractivity contribution in [2.45, 2.75) is 88.9 Å². The quantitative estimate of drug-likeness (QED) is 0.115. The van der Waals surface area contributed by atoms with E-state index < -0.39 is 11.9 Å². The van der Waals surface area contributed by atoms with Crippen LogP contribution in [-0.4, -0.2) is 90.4 Å². The van der Waals surface area contributed by atoms with Crippen LogP contribution in [0, 0.1) is 23.7 Å². The summed E-state index contributed by atoms with van der Waals surface area (Å²) in [6.07, 6.45) is 8.63. The average molecular weight is 713 g/mol. The number of hydrogen-bond donors (Lipinski definition) is 2.